The number of nitrogens with one attached hydrogen (secondary N) is 1. The molecule has 0 aliphatic carbocycles. The summed E-state index contributed by atoms with van der Waals surface area (Å²) in [6.07, 6.45) is 0. The lowest BCUT2D eigenvalue weighted by atomic mass is 10.2. The van der Waals surface area contributed by atoms with Crippen LogP contribution in [0.2, 0.25) is 5.02 Å². The van der Waals surface area contributed by atoms with E-state index in [1.807, 2.05) is 0 Å². The molecular weight excluding hydrogens is 298 g/mol. The third-order valence-electron chi connectivity index (χ3n) is 2.80. The molecule has 0 saturated carbocycles. The van der Waals surface area contributed by atoms with Gasteiger partial charge in [-0.3, -0.25) is 4.72 Å². The lowest BCUT2D eigenvalue weighted by molar-refractivity contribution is 0.415. The molecule has 0 aliphatic rings. The van der Waals surface area contributed by atoms with Gasteiger partial charge >= 0.3 is 0 Å². The summed E-state index contributed by atoms with van der Waals surface area (Å²) in [7, 11) is -2.11. The molecule has 0 fully saturated rings. The number of sulfonamides is 1. The predicted octanol–water partition coefficient (Wildman–Crippen LogP) is 3.46. The van der Waals surface area contributed by atoms with Crippen LogP contribution in [0.1, 0.15) is 5.56 Å². The van der Waals surface area contributed by atoms with Crippen molar-refractivity contribution in [2.24, 2.45) is 0 Å². The molecule has 2 aromatic carbocycles. The first kappa shape index (κ1) is 14.7. The Hall–Kier alpha value is -1.72. The molecule has 2 rings (SSSR count). The van der Waals surface area contributed by atoms with E-state index in [9.17, 15) is 8.42 Å². The van der Waals surface area contributed by atoms with Crippen molar-refractivity contribution < 1.29 is 13.2 Å². The highest BCUT2D eigenvalue weighted by atomic mass is 35.5. The van der Waals surface area contributed by atoms with E-state index in [1.165, 1.54) is 25.3 Å². The van der Waals surface area contributed by atoms with E-state index >= 15 is 0 Å². The van der Waals surface area contributed by atoms with Gasteiger partial charge < -0.3 is 4.74 Å². The van der Waals surface area contributed by atoms with Crippen LogP contribution >= 0.6 is 11.6 Å². The second-order valence-electron chi connectivity index (χ2n) is 4.22. The number of benzene rings is 2. The molecule has 0 amide bonds. The molecule has 0 bridgehead atoms. The van der Waals surface area contributed by atoms with E-state index < -0.39 is 10.0 Å². The standard InChI is InChI=1S/C14H14ClNO3S/c1-10-8-14(19-2)12(15)9-13(10)16-20(17,18)11-6-4-3-5-7-11/h3-9,16H,1-2H3. The molecule has 0 atom stereocenters. The van der Waals surface area contributed by atoms with E-state index in [-0.39, 0.29) is 4.90 Å². The molecular formula is C14H14ClNO3S. The van der Waals surface area contributed by atoms with Crippen molar-refractivity contribution in [3.63, 3.8) is 0 Å². The quantitative estimate of drug-likeness (QED) is 0.940. The van der Waals surface area contributed by atoms with E-state index in [2.05, 4.69) is 4.72 Å². The van der Waals surface area contributed by atoms with Crippen molar-refractivity contribution in [3.8, 4) is 5.75 Å². The Bertz CT molecular complexity index is 715. The van der Waals surface area contributed by atoms with Crippen LogP contribution in [0.15, 0.2) is 47.4 Å². The molecule has 0 heterocycles. The third-order valence-corrected chi connectivity index (χ3v) is 4.47. The van der Waals surface area contributed by atoms with Crippen LogP contribution in [0.3, 0.4) is 0 Å². The molecule has 6 heteroatoms. The number of halogens is 1. The molecule has 20 heavy (non-hydrogen) atoms. The van der Waals surface area contributed by atoms with Crippen molar-refractivity contribution in [2.75, 3.05) is 11.8 Å². The zero-order chi connectivity index (χ0) is 14.8. The van der Waals surface area contributed by atoms with Gasteiger partial charge in [-0.25, -0.2) is 8.42 Å². The van der Waals surface area contributed by atoms with Crippen LogP contribution in [0.4, 0.5) is 5.69 Å². The van der Waals surface area contributed by atoms with E-state index in [0.29, 0.717) is 16.5 Å². The molecule has 1 N–H and O–H groups in total. The highest BCUT2D eigenvalue weighted by Crippen LogP contribution is 2.31. The van der Waals surface area contributed by atoms with Crippen LogP contribution in [-0.4, -0.2) is 15.5 Å². The van der Waals surface area contributed by atoms with Gasteiger partial charge in [0, 0.05) is 0 Å². The topological polar surface area (TPSA) is 55.4 Å². The average molecular weight is 312 g/mol. The van der Waals surface area contributed by atoms with Crippen LogP contribution in [0.5, 0.6) is 5.75 Å². The minimum atomic E-state index is -3.62. The summed E-state index contributed by atoms with van der Waals surface area (Å²) < 4.78 is 32.1. The number of rotatable bonds is 4. The number of methoxy groups -OCH3 is 1. The van der Waals surface area contributed by atoms with Gasteiger partial charge in [0.1, 0.15) is 5.75 Å². The largest absolute Gasteiger partial charge is 0.495 e. The predicted molar refractivity (Wildman–Crippen MR) is 80.0 cm³/mol. The maximum absolute atomic E-state index is 12.2. The summed E-state index contributed by atoms with van der Waals surface area (Å²) in [6.45, 7) is 1.78. The van der Waals surface area contributed by atoms with Crippen LogP contribution in [0, 0.1) is 6.92 Å². The minimum Gasteiger partial charge on any atom is -0.495 e. The van der Waals surface area contributed by atoms with Gasteiger partial charge in [0.15, 0.2) is 0 Å². The molecule has 0 aromatic heterocycles. The van der Waals surface area contributed by atoms with E-state index in [0.717, 1.165) is 5.56 Å². The SMILES string of the molecule is COc1cc(C)c(NS(=O)(=O)c2ccccc2)cc1Cl. The van der Waals surface area contributed by atoms with Gasteiger partial charge in [-0.15, -0.1) is 0 Å². The monoisotopic (exact) mass is 311 g/mol. The van der Waals surface area contributed by atoms with Gasteiger partial charge in [-0.05, 0) is 36.8 Å². The Morgan fingerprint density at radius 1 is 1.15 bits per heavy atom. The Morgan fingerprint density at radius 2 is 1.80 bits per heavy atom. The van der Waals surface area contributed by atoms with Crippen molar-refractivity contribution in [1.29, 1.82) is 0 Å². The minimum absolute atomic E-state index is 0.200. The fraction of sp³-hybridized carbons (Fsp3) is 0.143. The van der Waals surface area contributed by atoms with E-state index in [4.69, 9.17) is 16.3 Å². The Morgan fingerprint density at radius 3 is 2.40 bits per heavy atom. The first-order valence-corrected chi connectivity index (χ1v) is 7.72. The summed E-state index contributed by atoms with van der Waals surface area (Å²) >= 11 is 6.02. The Labute approximate surface area is 123 Å². The fourth-order valence-electron chi connectivity index (χ4n) is 1.72. The van der Waals surface area contributed by atoms with Crippen LogP contribution in [-0.2, 0) is 10.0 Å². The van der Waals surface area contributed by atoms with Gasteiger partial charge in [0.2, 0.25) is 0 Å². The number of ether oxygens (including phenoxy) is 1. The maximum atomic E-state index is 12.2. The normalized spacial score (nSPS) is 11.2. The van der Waals surface area contributed by atoms with Gasteiger partial charge in [0.25, 0.3) is 10.0 Å². The zero-order valence-corrected chi connectivity index (χ0v) is 12.6. The number of anilines is 1. The van der Waals surface area contributed by atoms with Gasteiger partial charge in [-0.1, -0.05) is 29.8 Å². The fourth-order valence-corrected chi connectivity index (χ4v) is 3.11. The van der Waals surface area contributed by atoms with Gasteiger partial charge in [-0.2, -0.15) is 0 Å². The molecule has 0 unspecified atom stereocenters. The first-order valence-electron chi connectivity index (χ1n) is 5.86. The van der Waals surface area contributed by atoms with E-state index in [1.54, 1.807) is 31.2 Å². The summed E-state index contributed by atoms with van der Waals surface area (Å²) in [5, 5.41) is 0.351. The molecule has 0 aliphatic heterocycles. The lowest BCUT2D eigenvalue weighted by Gasteiger charge is -2.13. The van der Waals surface area contributed by atoms with Crippen molar-refractivity contribution >= 4 is 27.3 Å². The summed E-state index contributed by atoms with van der Waals surface area (Å²) in [6, 6.07) is 11.4. The number of aryl methyl sites for hydroxylation is 1. The lowest BCUT2D eigenvalue weighted by Crippen LogP contribution is -2.13. The molecule has 2 aromatic rings. The Kier molecular flexibility index (Phi) is 4.20. The molecule has 106 valence electrons. The highest BCUT2D eigenvalue weighted by Gasteiger charge is 2.16. The maximum Gasteiger partial charge on any atom is 0.261 e. The summed E-state index contributed by atoms with van der Waals surface area (Å²) in [5.41, 5.74) is 1.16. The number of hydrogen-bond acceptors (Lipinski definition) is 3. The van der Waals surface area contributed by atoms with Crippen LogP contribution < -0.4 is 9.46 Å². The zero-order valence-electron chi connectivity index (χ0n) is 11.1. The van der Waals surface area contributed by atoms with Crippen molar-refractivity contribution in [1.82, 2.24) is 0 Å². The summed E-state index contributed by atoms with van der Waals surface area (Å²) in [4.78, 5) is 0.200. The summed E-state index contributed by atoms with van der Waals surface area (Å²) in [5.74, 6) is 0.506. The smallest absolute Gasteiger partial charge is 0.261 e. The number of hydrogen-bond donors (Lipinski definition) is 1. The Balaban J connectivity index is 2.38. The first-order chi connectivity index (χ1) is 9.44. The molecule has 0 spiro atoms. The van der Waals surface area contributed by atoms with Crippen molar-refractivity contribution in [3.05, 3.63) is 53.1 Å². The highest BCUT2D eigenvalue weighted by molar-refractivity contribution is 7.92. The third kappa shape index (κ3) is 3.05. The second-order valence-corrected chi connectivity index (χ2v) is 6.31. The molecule has 0 saturated heterocycles. The van der Waals surface area contributed by atoms with Crippen molar-refractivity contribution in [2.45, 2.75) is 11.8 Å². The van der Waals surface area contributed by atoms with Gasteiger partial charge in [0.05, 0.1) is 22.7 Å². The molecule has 4 nitrogen and oxygen atoms in total. The average Bonchev–Trinajstić information content (AvgIpc) is 2.43. The van der Waals surface area contributed by atoms with Crippen LogP contribution in [0.25, 0.3) is 0 Å². The molecule has 0 radical (unpaired) electrons. The second kappa shape index (κ2) is 5.73.